The number of carbonyl (C=O) groups excluding carboxylic acids is 1. The topological polar surface area (TPSA) is 82.6 Å². The minimum atomic E-state index is -0.361. The van der Waals surface area contributed by atoms with Crippen molar-refractivity contribution in [2.45, 2.75) is 39.5 Å². The zero-order valence-corrected chi connectivity index (χ0v) is 17.4. The van der Waals surface area contributed by atoms with Crippen LogP contribution in [0.2, 0.25) is 0 Å². The maximum absolute atomic E-state index is 13.3. The summed E-state index contributed by atoms with van der Waals surface area (Å²) in [5, 5.41) is 14.1. The number of carbonyl (C=O) groups is 1. The highest BCUT2D eigenvalue weighted by Gasteiger charge is 2.46. The van der Waals surface area contributed by atoms with E-state index < -0.39 is 0 Å². The molecular weight excluding hydrogens is 372 g/mol. The fourth-order valence-corrected chi connectivity index (χ4v) is 5.46. The first kappa shape index (κ1) is 19.2. The molecule has 0 saturated carbocycles. The maximum atomic E-state index is 13.3. The quantitative estimate of drug-likeness (QED) is 0.824. The number of aryl methyl sites for hydroxylation is 1. The highest BCUT2D eigenvalue weighted by Crippen LogP contribution is 2.50. The molecule has 2 aliphatic heterocycles. The molecule has 4 rings (SSSR count). The minimum absolute atomic E-state index is 0.126. The number of morpholine rings is 1. The number of rotatable bonds is 2. The van der Waals surface area contributed by atoms with E-state index in [4.69, 9.17) is 10.5 Å². The predicted molar refractivity (Wildman–Crippen MR) is 108 cm³/mol. The lowest BCUT2D eigenvalue weighted by atomic mass is 9.70. The highest BCUT2D eigenvalue weighted by atomic mass is 32.1. The lowest BCUT2D eigenvalue weighted by Crippen LogP contribution is -2.53. The number of ether oxygens (including phenoxy) is 1. The molecule has 6 nitrogen and oxygen atoms in total. The lowest BCUT2D eigenvalue weighted by Gasteiger charge is -2.48. The van der Waals surface area contributed by atoms with Crippen molar-refractivity contribution in [3.8, 4) is 6.07 Å². The SMILES string of the molecule is Cc1ccc(C2C(C#N)=C(N)N(N3CCOCC3)C3=C2C(=O)CC(C)(C)C3)s1. The molecule has 1 fully saturated rings. The van der Waals surface area contributed by atoms with E-state index in [0.717, 1.165) is 27.4 Å². The third-order valence-electron chi connectivity index (χ3n) is 5.67. The molecule has 0 spiro atoms. The van der Waals surface area contributed by atoms with Crippen molar-refractivity contribution in [2.75, 3.05) is 26.3 Å². The number of hydrogen-bond acceptors (Lipinski definition) is 7. The molecule has 28 heavy (non-hydrogen) atoms. The Labute approximate surface area is 169 Å². The first-order chi connectivity index (χ1) is 13.3. The molecule has 0 amide bonds. The Bertz CT molecular complexity index is 915. The maximum Gasteiger partial charge on any atom is 0.162 e. The Kier molecular flexibility index (Phi) is 4.82. The zero-order valence-electron chi connectivity index (χ0n) is 16.6. The molecule has 1 atom stereocenters. The summed E-state index contributed by atoms with van der Waals surface area (Å²) < 4.78 is 5.50. The third kappa shape index (κ3) is 3.16. The van der Waals surface area contributed by atoms with Gasteiger partial charge in [-0.3, -0.25) is 9.80 Å². The third-order valence-corrected chi connectivity index (χ3v) is 6.74. The second-order valence-corrected chi connectivity index (χ2v) is 9.79. The number of nitrogens with two attached hydrogens (primary N) is 1. The van der Waals surface area contributed by atoms with Gasteiger partial charge < -0.3 is 10.5 Å². The summed E-state index contributed by atoms with van der Waals surface area (Å²) >= 11 is 1.63. The average Bonchev–Trinajstić information content (AvgIpc) is 3.06. The van der Waals surface area contributed by atoms with Gasteiger partial charge in [0.05, 0.1) is 30.8 Å². The Morgan fingerprint density at radius 1 is 1.29 bits per heavy atom. The van der Waals surface area contributed by atoms with Crippen molar-refractivity contribution < 1.29 is 9.53 Å². The standard InChI is InChI=1S/C21H26N4O2S/c1-13-4-5-17(28-13)18-14(12-22)20(23)25(24-6-8-27-9-7-24)15-10-21(2,3)11-16(26)19(15)18/h4-5,18H,6-11,23H2,1-3H3. The van der Waals surface area contributed by atoms with Gasteiger partial charge in [-0.05, 0) is 30.9 Å². The van der Waals surface area contributed by atoms with Crippen molar-refractivity contribution in [2.24, 2.45) is 11.1 Å². The molecule has 0 radical (unpaired) electrons. The van der Waals surface area contributed by atoms with Gasteiger partial charge in [-0.25, -0.2) is 5.01 Å². The van der Waals surface area contributed by atoms with Gasteiger partial charge in [0.15, 0.2) is 5.78 Å². The number of Topliss-reactive ketones (excluding diaryl/α,β-unsaturated/α-hetero) is 1. The van der Waals surface area contributed by atoms with Gasteiger partial charge in [-0.1, -0.05) is 13.8 Å². The summed E-state index contributed by atoms with van der Waals surface area (Å²) in [6.07, 6.45) is 1.24. The number of hydrogen-bond donors (Lipinski definition) is 1. The summed E-state index contributed by atoms with van der Waals surface area (Å²) in [4.78, 5) is 15.5. The Morgan fingerprint density at radius 3 is 2.61 bits per heavy atom. The predicted octanol–water partition coefficient (Wildman–Crippen LogP) is 3.04. The van der Waals surface area contributed by atoms with Gasteiger partial charge in [0.2, 0.25) is 0 Å². The van der Waals surface area contributed by atoms with Crippen LogP contribution < -0.4 is 5.73 Å². The number of hydrazine groups is 1. The fourth-order valence-electron chi connectivity index (χ4n) is 4.46. The highest BCUT2D eigenvalue weighted by molar-refractivity contribution is 7.12. The summed E-state index contributed by atoms with van der Waals surface area (Å²) in [6, 6.07) is 6.39. The van der Waals surface area contributed by atoms with Crippen molar-refractivity contribution in [3.05, 3.63) is 44.6 Å². The minimum Gasteiger partial charge on any atom is -0.383 e. The average molecular weight is 399 g/mol. The Hall–Kier alpha value is -2.14. The molecule has 7 heteroatoms. The summed E-state index contributed by atoms with van der Waals surface area (Å²) in [5.74, 6) is 0.213. The number of nitriles is 1. The summed E-state index contributed by atoms with van der Waals surface area (Å²) in [5.41, 5.74) is 8.64. The van der Waals surface area contributed by atoms with E-state index in [1.165, 1.54) is 0 Å². The molecule has 1 aromatic heterocycles. The zero-order chi connectivity index (χ0) is 20.1. The molecule has 0 bridgehead atoms. The largest absolute Gasteiger partial charge is 0.383 e. The Morgan fingerprint density at radius 2 is 2.00 bits per heavy atom. The molecule has 3 aliphatic rings. The number of ketones is 1. The van der Waals surface area contributed by atoms with E-state index in [-0.39, 0.29) is 17.1 Å². The van der Waals surface area contributed by atoms with E-state index >= 15 is 0 Å². The molecule has 3 heterocycles. The molecule has 1 saturated heterocycles. The monoisotopic (exact) mass is 398 g/mol. The lowest BCUT2D eigenvalue weighted by molar-refractivity contribution is -0.119. The van der Waals surface area contributed by atoms with Crippen molar-refractivity contribution in [1.29, 1.82) is 5.26 Å². The molecule has 1 aromatic rings. The van der Waals surface area contributed by atoms with Crippen LogP contribution in [0.4, 0.5) is 0 Å². The van der Waals surface area contributed by atoms with Crippen LogP contribution in [0, 0.1) is 23.7 Å². The van der Waals surface area contributed by atoms with Crippen LogP contribution >= 0.6 is 11.3 Å². The van der Waals surface area contributed by atoms with Crippen molar-refractivity contribution >= 4 is 17.1 Å². The van der Waals surface area contributed by atoms with Crippen LogP contribution in [0.5, 0.6) is 0 Å². The van der Waals surface area contributed by atoms with Gasteiger partial charge >= 0.3 is 0 Å². The van der Waals surface area contributed by atoms with Gasteiger partial charge in [0.25, 0.3) is 0 Å². The van der Waals surface area contributed by atoms with Crippen LogP contribution in [0.15, 0.2) is 34.8 Å². The van der Waals surface area contributed by atoms with Crippen LogP contribution in [0.1, 0.15) is 42.4 Å². The van der Waals surface area contributed by atoms with Gasteiger partial charge in [-0.2, -0.15) is 5.26 Å². The van der Waals surface area contributed by atoms with Crippen molar-refractivity contribution in [3.63, 3.8) is 0 Å². The first-order valence-electron chi connectivity index (χ1n) is 9.67. The van der Waals surface area contributed by atoms with Gasteiger partial charge in [0.1, 0.15) is 5.82 Å². The van der Waals surface area contributed by atoms with Gasteiger partial charge in [-0.15, -0.1) is 11.3 Å². The molecule has 148 valence electrons. The van der Waals surface area contributed by atoms with E-state index in [9.17, 15) is 10.1 Å². The first-order valence-corrected chi connectivity index (χ1v) is 10.5. The molecule has 1 unspecified atom stereocenters. The fraction of sp³-hybridized carbons (Fsp3) is 0.524. The molecular formula is C21H26N4O2S. The van der Waals surface area contributed by atoms with Crippen molar-refractivity contribution in [1.82, 2.24) is 10.0 Å². The normalized spacial score (nSPS) is 25.7. The van der Waals surface area contributed by atoms with E-state index in [1.54, 1.807) is 11.3 Å². The second-order valence-electron chi connectivity index (χ2n) is 8.47. The van der Waals surface area contributed by atoms with Crippen LogP contribution in [0.3, 0.4) is 0 Å². The number of allylic oxidation sites excluding steroid dienone is 3. The van der Waals surface area contributed by atoms with Crippen LogP contribution in [-0.2, 0) is 9.53 Å². The van der Waals surface area contributed by atoms with Crippen LogP contribution in [0.25, 0.3) is 0 Å². The molecule has 1 aliphatic carbocycles. The summed E-state index contributed by atoms with van der Waals surface area (Å²) in [7, 11) is 0. The smallest absolute Gasteiger partial charge is 0.162 e. The molecule has 2 N–H and O–H groups in total. The van der Waals surface area contributed by atoms with Crippen LogP contribution in [-0.4, -0.2) is 42.1 Å². The summed E-state index contributed by atoms with van der Waals surface area (Å²) in [6.45, 7) is 8.88. The number of thiophene rings is 1. The van der Waals surface area contributed by atoms with Gasteiger partial charge in [0, 0.05) is 40.5 Å². The number of nitrogens with zero attached hydrogens (tertiary/aromatic N) is 3. The second kappa shape index (κ2) is 7.03. The van der Waals surface area contributed by atoms with E-state index in [1.807, 2.05) is 24.1 Å². The Balaban J connectivity index is 1.91. The van der Waals surface area contributed by atoms with E-state index in [0.29, 0.717) is 44.1 Å². The van der Waals surface area contributed by atoms with E-state index in [2.05, 4.69) is 24.9 Å². The molecule has 0 aromatic carbocycles.